The van der Waals surface area contributed by atoms with Crippen molar-refractivity contribution in [3.63, 3.8) is 0 Å². The fourth-order valence-electron chi connectivity index (χ4n) is 1.24. The largest absolute Gasteiger partial charge is 0.293 e. The first-order valence-electron chi connectivity index (χ1n) is 4.69. The molecule has 1 nitrogen and oxygen atoms in total. The molecule has 82 valence electrons. The molecule has 0 heterocycles. The van der Waals surface area contributed by atoms with Crippen LogP contribution < -0.4 is 0 Å². The fraction of sp³-hybridized carbons (Fsp3) is 0.364. The minimum absolute atomic E-state index is 0.0125. The van der Waals surface area contributed by atoms with Gasteiger partial charge in [0.2, 0.25) is 0 Å². The number of carbonyl (C=O) groups is 1. The van der Waals surface area contributed by atoms with Gasteiger partial charge >= 0.3 is 0 Å². The predicted octanol–water partition coefficient (Wildman–Crippen LogP) is 4.74. The molecule has 0 N–H and O–H groups in total. The maximum atomic E-state index is 11.9. The van der Waals surface area contributed by atoms with Crippen LogP contribution in [0.1, 0.15) is 30.1 Å². The van der Waals surface area contributed by atoms with Crippen molar-refractivity contribution in [1.29, 1.82) is 0 Å². The Bertz CT molecular complexity index is 366. The average Bonchev–Trinajstić information content (AvgIpc) is 2.17. The minimum atomic E-state index is -0.166. The Hall–Kier alpha value is -0.0500. The maximum Gasteiger partial charge on any atom is 0.177 e. The Morgan fingerprint density at radius 2 is 2.13 bits per heavy atom. The zero-order valence-electron chi connectivity index (χ0n) is 8.27. The van der Waals surface area contributed by atoms with Crippen molar-refractivity contribution in [1.82, 2.24) is 0 Å². The summed E-state index contributed by atoms with van der Waals surface area (Å²) in [6, 6.07) is 4.92. The molecule has 0 fully saturated rings. The number of halogens is 3. The van der Waals surface area contributed by atoms with Gasteiger partial charge in [-0.05, 0) is 24.6 Å². The van der Waals surface area contributed by atoms with E-state index in [1.54, 1.807) is 18.2 Å². The molecule has 1 aromatic carbocycles. The first-order chi connectivity index (χ1) is 7.06. The number of rotatable bonds is 4. The van der Waals surface area contributed by atoms with Crippen molar-refractivity contribution >= 4 is 44.9 Å². The molecule has 0 aliphatic heterocycles. The number of hydrogen-bond acceptors (Lipinski definition) is 1. The third-order valence-electron chi connectivity index (χ3n) is 2.02. The highest BCUT2D eigenvalue weighted by molar-refractivity contribution is 9.10. The van der Waals surface area contributed by atoms with E-state index in [2.05, 4.69) is 15.9 Å². The van der Waals surface area contributed by atoms with Gasteiger partial charge in [0, 0.05) is 10.6 Å². The van der Waals surface area contributed by atoms with Crippen molar-refractivity contribution in [2.75, 3.05) is 0 Å². The van der Waals surface area contributed by atoms with Crippen LogP contribution in [0.15, 0.2) is 18.2 Å². The summed E-state index contributed by atoms with van der Waals surface area (Å²) in [5.74, 6) is 0.0125. The molecule has 0 aliphatic carbocycles. The predicted molar refractivity (Wildman–Crippen MR) is 68.4 cm³/mol. The molecule has 0 spiro atoms. The third kappa shape index (κ3) is 3.47. The minimum Gasteiger partial charge on any atom is -0.293 e. The zero-order chi connectivity index (χ0) is 11.4. The molecule has 1 atom stereocenters. The smallest absolute Gasteiger partial charge is 0.177 e. The number of benzene rings is 1. The van der Waals surface area contributed by atoms with Crippen LogP contribution >= 0.6 is 39.1 Å². The number of Topliss-reactive ketones (excluding diaryl/α,β-unsaturated/α-hetero) is 1. The number of hydrogen-bond donors (Lipinski definition) is 0. The molecule has 1 rings (SSSR count). The van der Waals surface area contributed by atoms with Crippen LogP contribution in [0.4, 0.5) is 0 Å². The molecule has 1 aromatic rings. The molecule has 0 radical (unpaired) electrons. The van der Waals surface area contributed by atoms with Gasteiger partial charge in [0.05, 0.1) is 9.85 Å². The highest BCUT2D eigenvalue weighted by atomic mass is 79.9. The van der Waals surface area contributed by atoms with E-state index >= 15 is 0 Å². The second kappa shape index (κ2) is 5.88. The Morgan fingerprint density at radius 3 is 2.67 bits per heavy atom. The second-order valence-electron chi connectivity index (χ2n) is 3.24. The van der Waals surface area contributed by atoms with E-state index < -0.39 is 0 Å². The van der Waals surface area contributed by atoms with E-state index in [-0.39, 0.29) is 10.6 Å². The SMILES string of the molecule is CCC[C@H](Br)C(=O)c1ccc(Cl)cc1Cl. The van der Waals surface area contributed by atoms with Crippen LogP contribution in [0.5, 0.6) is 0 Å². The van der Waals surface area contributed by atoms with Crippen molar-refractivity contribution < 1.29 is 4.79 Å². The fourth-order valence-corrected chi connectivity index (χ4v) is 2.45. The lowest BCUT2D eigenvalue weighted by atomic mass is 10.1. The summed E-state index contributed by atoms with van der Waals surface area (Å²) in [5, 5.41) is 0.950. The first-order valence-corrected chi connectivity index (χ1v) is 6.36. The monoisotopic (exact) mass is 308 g/mol. The number of ketones is 1. The molecule has 4 heteroatoms. The lowest BCUT2D eigenvalue weighted by Crippen LogP contribution is -2.14. The van der Waals surface area contributed by atoms with Gasteiger partial charge in [-0.3, -0.25) is 4.79 Å². The summed E-state index contributed by atoms with van der Waals surface area (Å²) in [6.45, 7) is 2.03. The van der Waals surface area contributed by atoms with E-state index in [4.69, 9.17) is 23.2 Å². The van der Waals surface area contributed by atoms with Gasteiger partial charge in [-0.2, -0.15) is 0 Å². The Morgan fingerprint density at radius 1 is 1.47 bits per heavy atom. The standard InChI is InChI=1S/C11H11BrCl2O/c1-2-3-9(12)11(15)8-5-4-7(13)6-10(8)14/h4-6,9H,2-3H2,1H3/t9-/m0/s1. The van der Waals surface area contributed by atoms with Crippen LogP contribution in [0.3, 0.4) is 0 Å². The van der Waals surface area contributed by atoms with Crippen molar-refractivity contribution in [2.24, 2.45) is 0 Å². The summed E-state index contributed by atoms with van der Waals surface area (Å²) in [4.78, 5) is 11.7. The molecular weight excluding hydrogens is 299 g/mol. The summed E-state index contributed by atoms with van der Waals surface area (Å²) >= 11 is 15.0. The van der Waals surface area contributed by atoms with Gasteiger partial charge in [-0.25, -0.2) is 0 Å². The molecular formula is C11H11BrCl2O. The van der Waals surface area contributed by atoms with E-state index in [1.807, 2.05) is 6.92 Å². The normalized spacial score (nSPS) is 12.5. The molecule has 15 heavy (non-hydrogen) atoms. The van der Waals surface area contributed by atoms with E-state index in [9.17, 15) is 4.79 Å². The summed E-state index contributed by atoms with van der Waals surface area (Å²) in [5.41, 5.74) is 0.524. The van der Waals surface area contributed by atoms with Crippen molar-refractivity contribution in [2.45, 2.75) is 24.6 Å². The van der Waals surface area contributed by atoms with Gasteiger partial charge in [-0.15, -0.1) is 0 Å². The summed E-state index contributed by atoms with van der Waals surface area (Å²) in [6.07, 6.45) is 1.75. The molecule has 0 aliphatic rings. The van der Waals surface area contributed by atoms with Crippen molar-refractivity contribution in [3.8, 4) is 0 Å². The van der Waals surface area contributed by atoms with Crippen LogP contribution in [-0.4, -0.2) is 10.6 Å². The summed E-state index contributed by atoms with van der Waals surface area (Å²) in [7, 11) is 0. The molecule has 0 bridgehead atoms. The van der Waals surface area contributed by atoms with E-state index in [0.29, 0.717) is 15.6 Å². The highest BCUT2D eigenvalue weighted by Crippen LogP contribution is 2.24. The first kappa shape index (κ1) is 13.0. The highest BCUT2D eigenvalue weighted by Gasteiger charge is 2.18. The topological polar surface area (TPSA) is 17.1 Å². The molecule has 0 saturated heterocycles. The van der Waals surface area contributed by atoms with Crippen LogP contribution in [-0.2, 0) is 0 Å². The molecule has 0 unspecified atom stereocenters. The van der Waals surface area contributed by atoms with Crippen LogP contribution in [0.2, 0.25) is 10.0 Å². The van der Waals surface area contributed by atoms with E-state index in [0.717, 1.165) is 12.8 Å². The quantitative estimate of drug-likeness (QED) is 0.580. The Labute approximate surface area is 108 Å². The molecule has 0 aromatic heterocycles. The Kier molecular flexibility index (Phi) is 5.10. The third-order valence-corrected chi connectivity index (χ3v) is 3.44. The number of carbonyl (C=O) groups excluding carboxylic acids is 1. The lowest BCUT2D eigenvalue weighted by molar-refractivity contribution is 0.0988. The van der Waals surface area contributed by atoms with E-state index in [1.165, 1.54) is 0 Å². The zero-order valence-corrected chi connectivity index (χ0v) is 11.4. The maximum absolute atomic E-state index is 11.9. The second-order valence-corrected chi connectivity index (χ2v) is 5.19. The van der Waals surface area contributed by atoms with Crippen LogP contribution in [0.25, 0.3) is 0 Å². The van der Waals surface area contributed by atoms with Gasteiger partial charge in [0.1, 0.15) is 0 Å². The van der Waals surface area contributed by atoms with Crippen molar-refractivity contribution in [3.05, 3.63) is 33.8 Å². The van der Waals surface area contributed by atoms with Gasteiger partial charge < -0.3 is 0 Å². The molecule has 0 amide bonds. The lowest BCUT2D eigenvalue weighted by Gasteiger charge is -2.08. The number of alkyl halides is 1. The Balaban J connectivity index is 2.91. The summed E-state index contributed by atoms with van der Waals surface area (Å²) < 4.78 is 0. The van der Waals surface area contributed by atoms with Gasteiger partial charge in [0.15, 0.2) is 5.78 Å². The molecule has 0 saturated carbocycles. The van der Waals surface area contributed by atoms with Crippen LogP contribution in [0, 0.1) is 0 Å². The van der Waals surface area contributed by atoms with Gasteiger partial charge in [-0.1, -0.05) is 52.5 Å². The average molecular weight is 310 g/mol. The van der Waals surface area contributed by atoms with Gasteiger partial charge in [0.25, 0.3) is 0 Å².